The van der Waals surface area contributed by atoms with Gasteiger partial charge in [-0.3, -0.25) is 4.79 Å². The molecule has 2 aromatic carbocycles. The quantitative estimate of drug-likeness (QED) is 0.124. The molecule has 0 radical (unpaired) electrons. The molecule has 7 nitrogen and oxygen atoms in total. The van der Waals surface area contributed by atoms with Crippen molar-refractivity contribution in [2.75, 3.05) is 41.5 Å². The Morgan fingerprint density at radius 2 is 1.29 bits per heavy atom. The van der Waals surface area contributed by atoms with Crippen LogP contribution in [-0.4, -0.2) is 47.8 Å². The monoisotopic (exact) mass is 618 g/mol. The second-order valence-corrected chi connectivity index (χ2v) is 10.1. The molecule has 42 heavy (non-hydrogen) atoms. The second kappa shape index (κ2) is 24.2. The minimum atomic E-state index is 0. The summed E-state index contributed by atoms with van der Waals surface area (Å²) >= 11 is 3.57. The van der Waals surface area contributed by atoms with Gasteiger partial charge in [-0.15, -0.1) is 22.7 Å². The molecule has 0 atom stereocenters. The average molecular weight is 619 g/mol. The van der Waals surface area contributed by atoms with E-state index in [-0.39, 0.29) is 22.3 Å². The average Bonchev–Trinajstić information content (AvgIpc) is 3.70. The Kier molecular flexibility index (Phi) is 23.5. The van der Waals surface area contributed by atoms with E-state index < -0.39 is 0 Å². The normalized spacial score (nSPS) is 9.17. The van der Waals surface area contributed by atoms with E-state index in [0.717, 1.165) is 55.8 Å². The predicted molar refractivity (Wildman–Crippen MR) is 181 cm³/mol. The number of hydrogen-bond donors (Lipinski definition) is 2. The number of hydrogen-bond acceptors (Lipinski definition) is 9. The molecule has 0 spiro atoms. The number of ether oxygens (including phenoxy) is 4. The third-order valence-corrected chi connectivity index (χ3v) is 7.35. The fourth-order valence-corrected chi connectivity index (χ4v) is 4.83. The third-order valence-electron chi connectivity index (χ3n) is 5.48. The van der Waals surface area contributed by atoms with Crippen LogP contribution in [0.25, 0.3) is 0 Å². The number of aldehydes is 1. The zero-order valence-corrected chi connectivity index (χ0v) is 24.6. The smallest absolute Gasteiger partial charge is 0.153 e. The minimum Gasteiger partial charge on any atom is -0.497 e. The van der Waals surface area contributed by atoms with Crippen LogP contribution in [0.4, 0.5) is 0 Å². The zero-order chi connectivity index (χ0) is 28.3. The van der Waals surface area contributed by atoms with Crippen LogP contribution in [0.1, 0.15) is 48.0 Å². The first-order valence-electron chi connectivity index (χ1n) is 12.4. The Hall–Kier alpha value is -3.37. The van der Waals surface area contributed by atoms with Crippen molar-refractivity contribution in [2.45, 2.75) is 41.7 Å². The third kappa shape index (κ3) is 14.5. The van der Waals surface area contributed by atoms with Gasteiger partial charge in [0.05, 0.1) is 34.0 Å². The molecule has 4 aromatic rings. The highest BCUT2D eigenvalue weighted by Crippen LogP contribution is 2.24. The minimum absolute atomic E-state index is 0. The summed E-state index contributed by atoms with van der Waals surface area (Å²) in [7, 11) is 6.43. The fraction of sp³-hybridized carbons (Fsp3) is 0.364. The molecule has 2 heterocycles. The number of benzene rings is 2. The summed E-state index contributed by atoms with van der Waals surface area (Å²) < 4.78 is 20.5. The predicted octanol–water partition coefficient (Wildman–Crippen LogP) is 7.77. The van der Waals surface area contributed by atoms with Gasteiger partial charge >= 0.3 is 0 Å². The van der Waals surface area contributed by atoms with Crippen molar-refractivity contribution in [3.63, 3.8) is 0 Å². The topological polar surface area (TPSA) is 92.0 Å². The highest BCUT2D eigenvalue weighted by Gasteiger charge is 2.05. The lowest BCUT2D eigenvalue weighted by molar-refractivity contribution is 0.112. The molecule has 0 saturated carbocycles. The van der Waals surface area contributed by atoms with Crippen molar-refractivity contribution in [1.82, 2.24) is 5.32 Å². The van der Waals surface area contributed by atoms with Crippen LogP contribution in [-0.2, 0) is 19.4 Å². The molecule has 0 amide bonds. The zero-order valence-electron chi connectivity index (χ0n) is 23.0. The van der Waals surface area contributed by atoms with Gasteiger partial charge in [-0.05, 0) is 60.5 Å². The number of nitrogens with one attached hydrogen (secondary N) is 1. The van der Waals surface area contributed by atoms with E-state index in [0.29, 0.717) is 17.1 Å². The standard InChI is InChI=1S/C15H19NO2S.C9H10O3.C6H9NS.3CH4/c1-17-13-6-5-12(15(10-13)18-2)11-16-8-7-14-4-3-9-19-14;1-11-8-4-3-7(6-10)9(5-8)12-2;7-4-3-6-2-1-5-8-6;;;/h3-6,9-10,16H,7-8,11H2,1-2H3;3-6H,1-2H3;1-2,5H,3-4,7H2;3*1H4. The summed E-state index contributed by atoms with van der Waals surface area (Å²) in [4.78, 5) is 13.3. The molecule has 2 aromatic heterocycles. The molecule has 0 saturated heterocycles. The maximum atomic E-state index is 10.5. The van der Waals surface area contributed by atoms with E-state index in [4.69, 9.17) is 24.7 Å². The molecule has 9 heteroatoms. The molecule has 0 unspecified atom stereocenters. The van der Waals surface area contributed by atoms with Gasteiger partial charge < -0.3 is 30.0 Å². The van der Waals surface area contributed by atoms with Crippen LogP contribution in [0.15, 0.2) is 71.4 Å². The number of thiophene rings is 2. The van der Waals surface area contributed by atoms with Crippen LogP contribution in [0.2, 0.25) is 0 Å². The van der Waals surface area contributed by atoms with Gasteiger partial charge in [-0.2, -0.15) is 0 Å². The van der Waals surface area contributed by atoms with Crippen molar-refractivity contribution >= 4 is 29.0 Å². The molecule has 4 rings (SSSR count). The van der Waals surface area contributed by atoms with Crippen LogP contribution in [0, 0.1) is 0 Å². The molecule has 0 aliphatic carbocycles. The first-order chi connectivity index (χ1) is 19.1. The number of rotatable bonds is 12. The van der Waals surface area contributed by atoms with E-state index in [1.165, 1.54) is 16.9 Å². The lowest BCUT2D eigenvalue weighted by Gasteiger charge is -2.11. The van der Waals surface area contributed by atoms with Crippen molar-refractivity contribution in [3.05, 3.63) is 92.3 Å². The number of nitrogens with two attached hydrogens (primary N) is 1. The SMILES string of the molecule is C.C.C.COc1ccc(C=O)c(OC)c1.COc1ccc(CNCCc2cccs2)c(OC)c1.NCCc1cccs1. The number of carbonyl (C=O) groups excluding carboxylic acids is 1. The Bertz CT molecular complexity index is 1200. The van der Waals surface area contributed by atoms with Crippen molar-refractivity contribution in [1.29, 1.82) is 0 Å². The second-order valence-electron chi connectivity index (χ2n) is 8.03. The molecule has 234 valence electrons. The number of methoxy groups -OCH3 is 4. The number of carbonyl (C=O) groups is 1. The Morgan fingerprint density at radius 1 is 0.738 bits per heavy atom. The van der Waals surface area contributed by atoms with Crippen LogP contribution >= 0.6 is 22.7 Å². The molecular formula is C33H50N2O5S2. The van der Waals surface area contributed by atoms with E-state index in [2.05, 4.69) is 40.3 Å². The maximum absolute atomic E-state index is 10.5. The molecule has 0 bridgehead atoms. The summed E-state index contributed by atoms with van der Waals surface area (Å²) in [5, 5.41) is 7.63. The van der Waals surface area contributed by atoms with E-state index in [1.807, 2.05) is 18.2 Å². The van der Waals surface area contributed by atoms with Crippen LogP contribution < -0.4 is 30.0 Å². The van der Waals surface area contributed by atoms with Crippen molar-refractivity contribution in [2.24, 2.45) is 5.73 Å². The van der Waals surface area contributed by atoms with Crippen LogP contribution in [0.5, 0.6) is 23.0 Å². The molecule has 3 N–H and O–H groups in total. The van der Waals surface area contributed by atoms with E-state index >= 15 is 0 Å². The first kappa shape index (κ1) is 40.8. The lowest BCUT2D eigenvalue weighted by Crippen LogP contribution is -2.16. The lowest BCUT2D eigenvalue weighted by atomic mass is 10.2. The molecule has 0 aliphatic rings. The van der Waals surface area contributed by atoms with E-state index in [1.54, 1.807) is 62.2 Å². The Labute approximate surface area is 261 Å². The van der Waals surface area contributed by atoms with Gasteiger partial charge in [0.15, 0.2) is 6.29 Å². The Balaban J connectivity index is 0. The largest absolute Gasteiger partial charge is 0.497 e. The molecule has 0 aliphatic heterocycles. The van der Waals surface area contributed by atoms with E-state index in [9.17, 15) is 4.79 Å². The van der Waals surface area contributed by atoms with Gasteiger partial charge in [-0.1, -0.05) is 40.5 Å². The summed E-state index contributed by atoms with van der Waals surface area (Å²) in [6.07, 6.45) is 2.84. The summed E-state index contributed by atoms with van der Waals surface area (Å²) in [5.74, 6) is 2.89. The van der Waals surface area contributed by atoms with Crippen molar-refractivity contribution < 1.29 is 23.7 Å². The van der Waals surface area contributed by atoms with Gasteiger partial charge in [0.2, 0.25) is 0 Å². The fourth-order valence-electron chi connectivity index (χ4n) is 3.40. The van der Waals surface area contributed by atoms with Gasteiger partial charge in [0.25, 0.3) is 0 Å². The first-order valence-corrected chi connectivity index (χ1v) is 14.2. The van der Waals surface area contributed by atoms with Gasteiger partial charge in [0.1, 0.15) is 23.0 Å². The summed E-state index contributed by atoms with van der Waals surface area (Å²) in [6, 6.07) is 19.4. The van der Waals surface area contributed by atoms with Gasteiger partial charge in [0, 0.05) is 40.5 Å². The summed E-state index contributed by atoms with van der Waals surface area (Å²) in [5.41, 5.74) is 7.00. The van der Waals surface area contributed by atoms with Gasteiger partial charge in [-0.25, -0.2) is 0 Å². The maximum Gasteiger partial charge on any atom is 0.153 e. The van der Waals surface area contributed by atoms with Crippen molar-refractivity contribution in [3.8, 4) is 23.0 Å². The summed E-state index contributed by atoms with van der Waals surface area (Å²) in [6.45, 7) is 2.54. The Morgan fingerprint density at radius 3 is 1.76 bits per heavy atom. The molecular weight excluding hydrogens is 569 g/mol. The highest BCUT2D eigenvalue weighted by atomic mass is 32.1. The highest BCUT2D eigenvalue weighted by molar-refractivity contribution is 7.10. The van der Waals surface area contributed by atoms with Crippen LogP contribution in [0.3, 0.4) is 0 Å². The molecule has 0 fully saturated rings.